The first-order chi connectivity index (χ1) is 15.1. The summed E-state index contributed by atoms with van der Waals surface area (Å²) in [6.07, 6.45) is 4.47. The van der Waals surface area contributed by atoms with Crippen LogP contribution in [0.3, 0.4) is 0 Å². The second-order valence-electron chi connectivity index (χ2n) is 7.83. The summed E-state index contributed by atoms with van der Waals surface area (Å²) < 4.78 is 33.5. The summed E-state index contributed by atoms with van der Waals surface area (Å²) in [5.74, 6) is -0.865. The molecule has 0 saturated carbocycles. The van der Waals surface area contributed by atoms with Crippen LogP contribution in [0.4, 0.5) is 11.5 Å². The van der Waals surface area contributed by atoms with Gasteiger partial charge >= 0.3 is 5.97 Å². The smallest absolute Gasteiger partial charge is 0.309 e. The van der Waals surface area contributed by atoms with E-state index in [-0.39, 0.29) is 23.0 Å². The van der Waals surface area contributed by atoms with Gasteiger partial charge in [-0.15, -0.1) is 0 Å². The SMILES string of the molecule is COc1nc(C)cnc1N(c1ccc(CC(C)(C)C(=O)O)cc1)S(=O)(=O)c1cccnc1. The standard InChI is InChI=1S/C22H24N4O5S/c1-15-13-24-19(20(25-15)31-4)26(32(29,30)18-6-5-11-23-14-18)17-9-7-16(8-10-17)12-22(2,3)21(27)28/h5-11,13-14H,12H2,1-4H3,(H,27,28). The maximum absolute atomic E-state index is 13.6. The molecule has 0 fully saturated rings. The molecule has 0 radical (unpaired) electrons. The highest BCUT2D eigenvalue weighted by atomic mass is 32.2. The summed E-state index contributed by atoms with van der Waals surface area (Å²) in [5.41, 5.74) is 0.647. The molecule has 0 amide bonds. The van der Waals surface area contributed by atoms with E-state index in [1.54, 1.807) is 45.0 Å². The van der Waals surface area contributed by atoms with Crippen molar-refractivity contribution in [2.24, 2.45) is 5.41 Å². The van der Waals surface area contributed by atoms with Gasteiger partial charge in [-0.1, -0.05) is 12.1 Å². The van der Waals surface area contributed by atoms with Crippen molar-refractivity contribution < 1.29 is 23.1 Å². The molecule has 0 spiro atoms. The van der Waals surface area contributed by atoms with Gasteiger partial charge < -0.3 is 9.84 Å². The Balaban J connectivity index is 2.13. The number of aromatic nitrogens is 3. The lowest BCUT2D eigenvalue weighted by Gasteiger charge is -2.25. The summed E-state index contributed by atoms with van der Waals surface area (Å²) in [4.78, 5) is 23.9. The number of aliphatic carboxylic acids is 1. The molecule has 168 valence electrons. The Kier molecular flexibility index (Phi) is 6.45. The minimum atomic E-state index is -4.12. The molecule has 0 aliphatic heterocycles. The van der Waals surface area contributed by atoms with E-state index in [0.717, 1.165) is 9.87 Å². The van der Waals surface area contributed by atoms with Crippen LogP contribution in [0.5, 0.6) is 5.88 Å². The minimum Gasteiger partial charge on any atom is -0.481 e. The third kappa shape index (κ3) is 4.70. The van der Waals surface area contributed by atoms with Crippen LogP contribution < -0.4 is 9.04 Å². The number of rotatable bonds is 8. The van der Waals surface area contributed by atoms with Crippen LogP contribution in [0.15, 0.2) is 59.9 Å². The number of aryl methyl sites for hydroxylation is 1. The highest BCUT2D eigenvalue weighted by Gasteiger charge is 2.32. The molecule has 0 aliphatic rings. The molecule has 3 aromatic rings. The van der Waals surface area contributed by atoms with Gasteiger partial charge in [0.25, 0.3) is 15.9 Å². The third-order valence-corrected chi connectivity index (χ3v) is 6.50. The molecule has 32 heavy (non-hydrogen) atoms. The van der Waals surface area contributed by atoms with Crippen LogP contribution in [-0.4, -0.2) is 41.6 Å². The second kappa shape index (κ2) is 8.91. The van der Waals surface area contributed by atoms with Crippen molar-refractivity contribution in [2.75, 3.05) is 11.4 Å². The first-order valence-corrected chi connectivity index (χ1v) is 11.2. The molecule has 0 unspecified atom stereocenters. The van der Waals surface area contributed by atoms with E-state index in [0.29, 0.717) is 11.4 Å². The monoisotopic (exact) mass is 456 g/mol. The predicted octanol–water partition coefficient (Wildman–Crippen LogP) is 3.37. The van der Waals surface area contributed by atoms with E-state index < -0.39 is 21.4 Å². The molecule has 0 saturated heterocycles. The number of sulfonamides is 1. The van der Waals surface area contributed by atoms with E-state index in [1.165, 1.54) is 37.8 Å². The van der Waals surface area contributed by atoms with Crippen molar-refractivity contribution in [2.45, 2.75) is 32.1 Å². The molecule has 10 heteroatoms. The lowest BCUT2D eigenvalue weighted by molar-refractivity contribution is -0.146. The van der Waals surface area contributed by atoms with Crippen LogP contribution in [0, 0.1) is 12.3 Å². The predicted molar refractivity (Wildman–Crippen MR) is 118 cm³/mol. The van der Waals surface area contributed by atoms with Crippen LogP contribution >= 0.6 is 0 Å². The number of nitrogens with zero attached hydrogens (tertiary/aromatic N) is 4. The average Bonchev–Trinajstić information content (AvgIpc) is 2.76. The van der Waals surface area contributed by atoms with Crippen molar-refractivity contribution in [3.63, 3.8) is 0 Å². The molecule has 0 aliphatic carbocycles. The topological polar surface area (TPSA) is 123 Å². The van der Waals surface area contributed by atoms with E-state index in [4.69, 9.17) is 4.74 Å². The Hall–Kier alpha value is -3.53. The Morgan fingerprint density at radius 3 is 2.41 bits per heavy atom. The van der Waals surface area contributed by atoms with Crippen molar-refractivity contribution in [1.29, 1.82) is 0 Å². The van der Waals surface area contributed by atoms with Crippen molar-refractivity contribution in [3.05, 3.63) is 66.2 Å². The summed E-state index contributed by atoms with van der Waals surface area (Å²) in [7, 11) is -2.73. The molecule has 3 rings (SSSR count). The fourth-order valence-electron chi connectivity index (χ4n) is 3.04. The van der Waals surface area contributed by atoms with Gasteiger partial charge in [0.05, 0.1) is 30.1 Å². The average molecular weight is 457 g/mol. The van der Waals surface area contributed by atoms with Gasteiger partial charge in [0.1, 0.15) is 4.90 Å². The summed E-state index contributed by atoms with van der Waals surface area (Å²) >= 11 is 0. The van der Waals surface area contributed by atoms with E-state index in [1.807, 2.05) is 0 Å². The molecular weight excluding hydrogens is 432 g/mol. The number of benzene rings is 1. The minimum absolute atomic E-state index is 0.000527. The Morgan fingerprint density at radius 1 is 1.16 bits per heavy atom. The number of pyridine rings is 1. The van der Waals surface area contributed by atoms with E-state index in [9.17, 15) is 18.3 Å². The molecule has 1 aromatic carbocycles. The van der Waals surface area contributed by atoms with Gasteiger partial charge in [0.2, 0.25) is 5.82 Å². The molecular formula is C22H24N4O5S. The number of carboxylic acids is 1. The van der Waals surface area contributed by atoms with E-state index >= 15 is 0 Å². The third-order valence-electron chi connectivity index (χ3n) is 4.80. The van der Waals surface area contributed by atoms with Gasteiger partial charge in [-0.3, -0.25) is 9.78 Å². The number of carbonyl (C=O) groups is 1. The van der Waals surface area contributed by atoms with Crippen LogP contribution in [0.25, 0.3) is 0 Å². The molecule has 2 aromatic heterocycles. The lowest BCUT2D eigenvalue weighted by atomic mass is 9.86. The summed E-state index contributed by atoms with van der Waals surface area (Å²) in [5, 5.41) is 9.38. The number of methoxy groups -OCH3 is 1. The quantitative estimate of drug-likeness (QED) is 0.547. The van der Waals surface area contributed by atoms with Crippen molar-refractivity contribution >= 4 is 27.5 Å². The zero-order valence-corrected chi connectivity index (χ0v) is 19.0. The second-order valence-corrected chi connectivity index (χ2v) is 9.62. The molecule has 0 bridgehead atoms. The van der Waals surface area contributed by atoms with Gasteiger partial charge in [0.15, 0.2) is 0 Å². The zero-order chi connectivity index (χ0) is 23.5. The first-order valence-electron chi connectivity index (χ1n) is 9.71. The summed E-state index contributed by atoms with van der Waals surface area (Å²) in [6, 6.07) is 9.55. The van der Waals surface area contributed by atoms with Crippen molar-refractivity contribution in [3.8, 4) is 5.88 Å². The molecule has 2 heterocycles. The number of hydrogen-bond donors (Lipinski definition) is 1. The summed E-state index contributed by atoms with van der Waals surface area (Å²) in [6.45, 7) is 4.99. The number of anilines is 2. The number of carboxylic acid groups (broad SMARTS) is 1. The highest BCUT2D eigenvalue weighted by Crippen LogP contribution is 2.36. The first kappa shape index (κ1) is 23.1. The number of hydrogen-bond acceptors (Lipinski definition) is 7. The van der Waals surface area contributed by atoms with Gasteiger partial charge in [-0.25, -0.2) is 22.7 Å². The zero-order valence-electron chi connectivity index (χ0n) is 18.2. The highest BCUT2D eigenvalue weighted by molar-refractivity contribution is 7.93. The maximum atomic E-state index is 13.6. The van der Waals surface area contributed by atoms with Gasteiger partial charge in [-0.05, 0) is 57.0 Å². The van der Waals surface area contributed by atoms with Crippen molar-refractivity contribution in [1.82, 2.24) is 15.0 Å². The van der Waals surface area contributed by atoms with Gasteiger partial charge in [0, 0.05) is 12.4 Å². The fraction of sp³-hybridized carbons (Fsp3) is 0.273. The normalized spacial score (nSPS) is 11.8. The van der Waals surface area contributed by atoms with E-state index in [2.05, 4.69) is 15.0 Å². The Bertz CT molecular complexity index is 1210. The maximum Gasteiger partial charge on any atom is 0.309 e. The van der Waals surface area contributed by atoms with Crippen LogP contribution in [0.1, 0.15) is 25.1 Å². The fourth-order valence-corrected chi connectivity index (χ4v) is 4.45. The lowest BCUT2D eigenvalue weighted by Crippen LogP contribution is -2.28. The van der Waals surface area contributed by atoms with Gasteiger partial charge in [-0.2, -0.15) is 0 Å². The Labute approximate surface area is 186 Å². The molecule has 1 N–H and O–H groups in total. The number of ether oxygens (including phenoxy) is 1. The largest absolute Gasteiger partial charge is 0.481 e. The molecule has 0 atom stereocenters. The Morgan fingerprint density at radius 2 is 1.84 bits per heavy atom. The molecule has 9 nitrogen and oxygen atoms in total. The van der Waals surface area contributed by atoms with Crippen LogP contribution in [-0.2, 0) is 21.2 Å². The van der Waals surface area contributed by atoms with Crippen LogP contribution in [0.2, 0.25) is 0 Å².